The number of hydrogen-bond acceptors (Lipinski definition) is 4. The predicted octanol–water partition coefficient (Wildman–Crippen LogP) is 4.01. The van der Waals surface area contributed by atoms with Gasteiger partial charge in [-0.05, 0) is 42.3 Å². The van der Waals surface area contributed by atoms with Crippen molar-refractivity contribution in [3.63, 3.8) is 0 Å². The van der Waals surface area contributed by atoms with E-state index in [1.807, 2.05) is 13.0 Å². The maximum Gasteiger partial charge on any atom is 0.269 e. The van der Waals surface area contributed by atoms with E-state index in [1.54, 1.807) is 24.3 Å². The Morgan fingerprint density at radius 3 is 2.47 bits per heavy atom. The number of non-ortho nitro benzene ring substituents is 1. The first-order chi connectivity index (χ1) is 9.10. The lowest BCUT2D eigenvalue weighted by molar-refractivity contribution is -0.384. The number of phenolic OH excluding ortho intramolecular Hbond substituents is 1. The fraction of sp³-hybridized carbons (Fsp3) is 0.143. The van der Waals surface area contributed by atoms with Gasteiger partial charge in [-0.25, -0.2) is 0 Å². The molecule has 0 spiro atoms. The number of aromatic hydroxyl groups is 1. The first-order valence-corrected chi connectivity index (χ1v) is 6.66. The third-order valence-electron chi connectivity index (χ3n) is 2.70. The molecule has 0 aliphatic rings. The van der Waals surface area contributed by atoms with Crippen LogP contribution < -0.4 is 0 Å². The molecule has 5 heteroatoms. The van der Waals surface area contributed by atoms with Crippen molar-refractivity contribution in [1.29, 1.82) is 0 Å². The fourth-order valence-corrected chi connectivity index (χ4v) is 2.70. The van der Waals surface area contributed by atoms with Crippen molar-refractivity contribution < 1.29 is 10.0 Å². The zero-order valence-electron chi connectivity index (χ0n) is 10.4. The Hall–Kier alpha value is -2.01. The summed E-state index contributed by atoms with van der Waals surface area (Å²) in [5.74, 6) is 0.255. The zero-order valence-corrected chi connectivity index (χ0v) is 11.2. The van der Waals surface area contributed by atoms with Crippen molar-refractivity contribution in [1.82, 2.24) is 0 Å². The van der Waals surface area contributed by atoms with E-state index < -0.39 is 4.92 Å². The summed E-state index contributed by atoms with van der Waals surface area (Å²) in [6, 6.07) is 11.7. The lowest BCUT2D eigenvalue weighted by Gasteiger charge is -2.07. The van der Waals surface area contributed by atoms with E-state index in [0.29, 0.717) is 0 Å². The highest BCUT2D eigenvalue weighted by Crippen LogP contribution is 2.33. The van der Waals surface area contributed by atoms with Crippen LogP contribution in [0.3, 0.4) is 0 Å². The summed E-state index contributed by atoms with van der Waals surface area (Å²) in [7, 11) is 0. The van der Waals surface area contributed by atoms with Crippen LogP contribution in [0.25, 0.3) is 0 Å². The summed E-state index contributed by atoms with van der Waals surface area (Å²) in [5.41, 5.74) is 1.15. The Labute approximate surface area is 115 Å². The van der Waals surface area contributed by atoms with E-state index in [2.05, 4.69) is 0 Å². The molecule has 0 saturated carbocycles. The minimum absolute atomic E-state index is 0.0887. The van der Waals surface area contributed by atoms with Crippen molar-refractivity contribution in [2.75, 3.05) is 0 Å². The molecule has 1 N–H and O–H groups in total. The van der Waals surface area contributed by atoms with Crippen LogP contribution in [0.5, 0.6) is 5.75 Å². The van der Waals surface area contributed by atoms with Gasteiger partial charge < -0.3 is 5.11 Å². The summed E-state index contributed by atoms with van der Waals surface area (Å²) >= 11 is 1.53. The van der Waals surface area contributed by atoms with Crippen molar-refractivity contribution in [2.24, 2.45) is 0 Å². The average molecular weight is 275 g/mol. The Balaban J connectivity index is 2.23. The minimum Gasteiger partial charge on any atom is -0.508 e. The van der Waals surface area contributed by atoms with Crippen LogP contribution in [0.2, 0.25) is 0 Å². The summed E-state index contributed by atoms with van der Waals surface area (Å²) in [6.45, 7) is 2.02. The molecule has 4 nitrogen and oxygen atoms in total. The lowest BCUT2D eigenvalue weighted by Crippen LogP contribution is -1.87. The van der Waals surface area contributed by atoms with Crippen molar-refractivity contribution in [3.05, 3.63) is 58.1 Å². The van der Waals surface area contributed by atoms with Gasteiger partial charge in [-0.2, -0.15) is 0 Å². The number of hydrogen-bond donors (Lipinski definition) is 1. The summed E-state index contributed by atoms with van der Waals surface area (Å²) in [4.78, 5) is 12.2. The van der Waals surface area contributed by atoms with E-state index in [-0.39, 0.29) is 11.4 Å². The highest BCUT2D eigenvalue weighted by molar-refractivity contribution is 7.99. The van der Waals surface area contributed by atoms with Gasteiger partial charge in [0.05, 0.1) is 4.92 Å². The molecule has 0 unspecified atom stereocenters. The van der Waals surface area contributed by atoms with E-state index >= 15 is 0 Å². The molecule has 0 bridgehead atoms. The van der Waals surface area contributed by atoms with E-state index in [9.17, 15) is 15.2 Å². The van der Waals surface area contributed by atoms with Crippen molar-refractivity contribution in [3.8, 4) is 5.75 Å². The Morgan fingerprint density at radius 2 is 1.89 bits per heavy atom. The summed E-state index contributed by atoms with van der Waals surface area (Å²) in [6.07, 6.45) is 0.823. The number of nitrogens with zero attached hydrogens (tertiary/aromatic N) is 1. The maximum absolute atomic E-state index is 10.6. The van der Waals surface area contributed by atoms with Gasteiger partial charge in [0.25, 0.3) is 5.69 Å². The van der Waals surface area contributed by atoms with Crippen LogP contribution in [-0.4, -0.2) is 10.0 Å². The minimum atomic E-state index is -0.410. The Kier molecular flexibility index (Phi) is 4.06. The molecule has 0 radical (unpaired) electrons. The molecule has 0 heterocycles. The fourth-order valence-electron chi connectivity index (χ4n) is 1.70. The molecule has 0 aliphatic carbocycles. The molecule has 19 heavy (non-hydrogen) atoms. The highest BCUT2D eigenvalue weighted by Gasteiger charge is 2.07. The SMILES string of the molecule is CCc1cc(O)ccc1Sc1ccc([N+](=O)[O-])cc1. The van der Waals surface area contributed by atoms with Crippen molar-refractivity contribution >= 4 is 17.4 Å². The molecule has 2 rings (SSSR count). The van der Waals surface area contributed by atoms with E-state index in [0.717, 1.165) is 21.8 Å². The van der Waals surface area contributed by atoms with Gasteiger partial charge in [0.1, 0.15) is 5.75 Å². The second-order valence-electron chi connectivity index (χ2n) is 4.00. The molecule has 0 saturated heterocycles. The monoisotopic (exact) mass is 275 g/mol. The van der Waals surface area contributed by atoms with Gasteiger partial charge >= 0.3 is 0 Å². The number of aryl methyl sites for hydroxylation is 1. The van der Waals surface area contributed by atoms with Gasteiger partial charge in [-0.3, -0.25) is 10.1 Å². The van der Waals surface area contributed by atoms with Gasteiger partial charge in [0, 0.05) is 21.9 Å². The van der Waals surface area contributed by atoms with Gasteiger partial charge in [-0.15, -0.1) is 0 Å². The quantitative estimate of drug-likeness (QED) is 0.676. The molecule has 98 valence electrons. The second-order valence-corrected chi connectivity index (χ2v) is 5.11. The Morgan fingerprint density at radius 1 is 1.21 bits per heavy atom. The summed E-state index contributed by atoms with van der Waals surface area (Å²) < 4.78 is 0. The number of phenols is 1. The van der Waals surface area contributed by atoms with E-state index in [1.165, 1.54) is 23.9 Å². The largest absolute Gasteiger partial charge is 0.508 e. The van der Waals surface area contributed by atoms with Gasteiger partial charge in [-0.1, -0.05) is 18.7 Å². The molecule has 0 fully saturated rings. The van der Waals surface area contributed by atoms with Crippen molar-refractivity contribution in [2.45, 2.75) is 23.1 Å². The first kappa shape index (κ1) is 13.4. The van der Waals surface area contributed by atoms with Crippen LogP contribution >= 0.6 is 11.8 Å². The van der Waals surface area contributed by atoms with Crippen LogP contribution in [0.1, 0.15) is 12.5 Å². The Bertz CT molecular complexity index is 596. The molecule has 2 aromatic carbocycles. The summed E-state index contributed by atoms with van der Waals surface area (Å²) in [5, 5.41) is 20.0. The van der Waals surface area contributed by atoms with Crippen LogP contribution in [0.15, 0.2) is 52.3 Å². The first-order valence-electron chi connectivity index (χ1n) is 5.84. The third-order valence-corrected chi connectivity index (χ3v) is 3.83. The van der Waals surface area contributed by atoms with Gasteiger partial charge in [0.2, 0.25) is 0 Å². The molecule has 0 aromatic heterocycles. The topological polar surface area (TPSA) is 63.4 Å². The maximum atomic E-state index is 10.6. The normalized spacial score (nSPS) is 10.4. The molecule has 2 aromatic rings. The molecular weight excluding hydrogens is 262 g/mol. The number of benzene rings is 2. The molecule has 0 atom stereocenters. The van der Waals surface area contributed by atoms with Crippen LogP contribution in [0.4, 0.5) is 5.69 Å². The standard InChI is InChI=1S/C14H13NO3S/c1-2-10-9-12(16)5-8-14(10)19-13-6-3-11(4-7-13)15(17)18/h3-9,16H,2H2,1H3. The molecule has 0 amide bonds. The number of nitro benzene ring substituents is 1. The smallest absolute Gasteiger partial charge is 0.269 e. The number of nitro groups is 1. The van der Waals surface area contributed by atoms with Crippen LogP contribution in [0, 0.1) is 10.1 Å². The lowest BCUT2D eigenvalue weighted by atomic mass is 10.2. The molecule has 0 aliphatic heterocycles. The third kappa shape index (κ3) is 3.26. The highest BCUT2D eigenvalue weighted by atomic mass is 32.2. The van der Waals surface area contributed by atoms with E-state index in [4.69, 9.17) is 0 Å². The number of rotatable bonds is 4. The van der Waals surface area contributed by atoms with Gasteiger partial charge in [0.15, 0.2) is 0 Å². The second kappa shape index (κ2) is 5.75. The predicted molar refractivity (Wildman–Crippen MR) is 74.7 cm³/mol. The van der Waals surface area contributed by atoms with Crippen LogP contribution in [-0.2, 0) is 6.42 Å². The zero-order chi connectivity index (χ0) is 13.8. The molecular formula is C14H13NO3S. The average Bonchev–Trinajstić information content (AvgIpc) is 2.41.